The highest BCUT2D eigenvalue weighted by Crippen LogP contribution is 2.31. The number of nitrogens with zero attached hydrogens (tertiary/aromatic N) is 3. The maximum Gasteiger partial charge on any atom is 0.227 e. The van der Waals surface area contributed by atoms with Crippen LogP contribution >= 0.6 is 11.3 Å². The Morgan fingerprint density at radius 1 is 1.29 bits per heavy atom. The van der Waals surface area contributed by atoms with Crippen molar-refractivity contribution in [2.24, 2.45) is 0 Å². The third kappa shape index (κ3) is 2.83. The van der Waals surface area contributed by atoms with Crippen LogP contribution in [0.3, 0.4) is 0 Å². The van der Waals surface area contributed by atoms with Crippen molar-refractivity contribution in [1.82, 2.24) is 14.3 Å². The van der Waals surface area contributed by atoms with E-state index < -0.39 is 0 Å². The number of carbonyl (C=O) groups excluding carboxylic acids is 1. The van der Waals surface area contributed by atoms with E-state index >= 15 is 0 Å². The number of thiazole rings is 1. The van der Waals surface area contributed by atoms with E-state index in [4.69, 9.17) is 4.42 Å². The van der Waals surface area contributed by atoms with Gasteiger partial charge in [-0.2, -0.15) is 0 Å². The van der Waals surface area contributed by atoms with Gasteiger partial charge in [-0.05, 0) is 56.4 Å². The van der Waals surface area contributed by atoms with Crippen LogP contribution < -0.4 is 0 Å². The summed E-state index contributed by atoms with van der Waals surface area (Å²) in [5.41, 5.74) is 6.72. The Balaban J connectivity index is 1.38. The summed E-state index contributed by atoms with van der Waals surface area (Å²) >= 11 is 1.67. The van der Waals surface area contributed by atoms with Crippen molar-refractivity contribution < 1.29 is 9.21 Å². The first-order valence-corrected chi connectivity index (χ1v) is 10.5. The Bertz CT molecular complexity index is 1210. The van der Waals surface area contributed by atoms with Gasteiger partial charge in [-0.3, -0.25) is 9.20 Å². The molecule has 1 aliphatic rings. The van der Waals surface area contributed by atoms with Crippen LogP contribution in [-0.2, 0) is 30.6 Å². The Labute approximate surface area is 167 Å². The van der Waals surface area contributed by atoms with Crippen molar-refractivity contribution in [2.75, 3.05) is 7.05 Å². The number of amides is 1. The minimum atomic E-state index is 0.0875. The monoisotopic (exact) mass is 393 g/mol. The molecule has 28 heavy (non-hydrogen) atoms. The third-order valence-electron chi connectivity index (χ3n) is 5.76. The number of fused-ring (bicyclic) bond motifs is 3. The van der Waals surface area contributed by atoms with Gasteiger partial charge in [0.1, 0.15) is 5.58 Å². The predicted octanol–water partition coefficient (Wildman–Crippen LogP) is 4.45. The van der Waals surface area contributed by atoms with Gasteiger partial charge in [0.15, 0.2) is 4.96 Å². The van der Waals surface area contributed by atoms with E-state index in [0.717, 1.165) is 45.7 Å². The molecule has 0 radical (unpaired) electrons. The van der Waals surface area contributed by atoms with Gasteiger partial charge >= 0.3 is 0 Å². The largest absolute Gasteiger partial charge is 0.464 e. The maximum absolute atomic E-state index is 12.9. The molecular weight excluding hydrogens is 370 g/mol. The quantitative estimate of drug-likeness (QED) is 0.515. The first kappa shape index (κ1) is 17.5. The van der Waals surface area contributed by atoms with Crippen molar-refractivity contribution in [1.29, 1.82) is 0 Å². The minimum Gasteiger partial charge on any atom is -0.464 e. The molecule has 5 rings (SSSR count). The molecule has 4 aromatic rings. The Morgan fingerprint density at radius 3 is 2.89 bits per heavy atom. The number of likely N-dealkylation sites (N-methyl/N-ethyl adjacent to an activating group) is 1. The lowest BCUT2D eigenvalue weighted by Gasteiger charge is -2.17. The molecule has 0 unspecified atom stereocenters. The van der Waals surface area contributed by atoms with Crippen LogP contribution in [0.2, 0.25) is 0 Å². The van der Waals surface area contributed by atoms with Crippen molar-refractivity contribution >= 4 is 33.2 Å². The fourth-order valence-corrected chi connectivity index (χ4v) is 5.09. The number of hydrogen-bond donors (Lipinski definition) is 0. The number of hydrogen-bond acceptors (Lipinski definition) is 4. The summed E-state index contributed by atoms with van der Waals surface area (Å²) in [5.74, 6) is 0.0875. The van der Waals surface area contributed by atoms with E-state index in [9.17, 15) is 4.79 Å². The zero-order valence-electron chi connectivity index (χ0n) is 16.4. The first-order valence-electron chi connectivity index (χ1n) is 9.69. The number of carbonyl (C=O) groups is 1. The average molecular weight is 394 g/mol. The average Bonchev–Trinajstić information content (AvgIpc) is 3.40. The second kappa shape index (κ2) is 6.48. The highest BCUT2D eigenvalue weighted by molar-refractivity contribution is 7.17. The number of imidazole rings is 1. The molecule has 0 N–H and O–H groups in total. The summed E-state index contributed by atoms with van der Waals surface area (Å²) in [6.07, 6.45) is 7.66. The van der Waals surface area contributed by atoms with Crippen LogP contribution in [-0.4, -0.2) is 27.2 Å². The van der Waals surface area contributed by atoms with E-state index in [0.29, 0.717) is 13.0 Å². The normalized spacial score (nSPS) is 13.5. The fraction of sp³-hybridized carbons (Fsp3) is 0.364. The maximum atomic E-state index is 12.9. The van der Waals surface area contributed by atoms with Crippen LogP contribution in [0.4, 0.5) is 0 Å². The highest BCUT2D eigenvalue weighted by Gasteiger charge is 2.20. The van der Waals surface area contributed by atoms with Gasteiger partial charge in [-0.1, -0.05) is 0 Å². The third-order valence-corrected chi connectivity index (χ3v) is 6.66. The smallest absolute Gasteiger partial charge is 0.227 e. The number of rotatable bonds is 4. The number of furan rings is 1. The van der Waals surface area contributed by atoms with E-state index in [1.807, 2.05) is 14.0 Å². The second-order valence-electron chi connectivity index (χ2n) is 7.80. The summed E-state index contributed by atoms with van der Waals surface area (Å²) in [4.78, 5) is 21.5. The van der Waals surface area contributed by atoms with Crippen LogP contribution in [0.1, 0.15) is 39.4 Å². The first-order chi connectivity index (χ1) is 13.5. The molecule has 0 fully saturated rings. The molecule has 0 saturated carbocycles. The standard InChI is InChI=1S/C22H23N3O2S/c1-13-10-25-19(14(2)23-22(25)28-13)11-24(3)21(26)9-17-12-27-20-8-16-6-4-5-15(16)7-18(17)20/h7-8,10,12H,4-6,9,11H2,1-3H3. The van der Waals surface area contributed by atoms with Crippen molar-refractivity contribution in [3.63, 3.8) is 0 Å². The van der Waals surface area contributed by atoms with Gasteiger partial charge in [0.25, 0.3) is 0 Å². The fourth-order valence-electron chi connectivity index (χ4n) is 4.20. The lowest BCUT2D eigenvalue weighted by Crippen LogP contribution is -2.28. The molecule has 144 valence electrons. The Morgan fingerprint density at radius 2 is 2.07 bits per heavy atom. The lowest BCUT2D eigenvalue weighted by atomic mass is 10.0. The molecule has 3 heterocycles. The van der Waals surface area contributed by atoms with E-state index in [1.54, 1.807) is 22.5 Å². The summed E-state index contributed by atoms with van der Waals surface area (Å²) in [6.45, 7) is 4.63. The molecule has 1 aromatic carbocycles. The summed E-state index contributed by atoms with van der Waals surface area (Å²) < 4.78 is 7.86. The molecule has 1 amide bonds. The molecule has 0 spiro atoms. The summed E-state index contributed by atoms with van der Waals surface area (Å²) in [6, 6.07) is 4.38. The van der Waals surface area contributed by atoms with E-state index in [-0.39, 0.29) is 5.91 Å². The second-order valence-corrected chi connectivity index (χ2v) is 9.01. The van der Waals surface area contributed by atoms with Crippen molar-refractivity contribution in [2.45, 2.75) is 46.1 Å². The molecular formula is C22H23N3O2S. The molecule has 0 bridgehead atoms. The SMILES string of the molecule is Cc1cn2c(CN(C)C(=O)Cc3coc4cc5c(cc34)CCC5)c(C)nc2s1. The predicted molar refractivity (Wildman–Crippen MR) is 111 cm³/mol. The van der Waals surface area contributed by atoms with Gasteiger partial charge in [-0.15, -0.1) is 11.3 Å². The lowest BCUT2D eigenvalue weighted by molar-refractivity contribution is -0.129. The van der Waals surface area contributed by atoms with Crippen LogP contribution in [0.5, 0.6) is 0 Å². The Kier molecular flexibility index (Phi) is 4.05. The molecule has 0 saturated heterocycles. The number of aryl methyl sites for hydroxylation is 4. The van der Waals surface area contributed by atoms with E-state index in [2.05, 4.69) is 34.6 Å². The van der Waals surface area contributed by atoms with Crippen LogP contribution in [0.25, 0.3) is 15.9 Å². The van der Waals surface area contributed by atoms with Gasteiger partial charge in [0.2, 0.25) is 5.91 Å². The summed E-state index contributed by atoms with van der Waals surface area (Å²) in [7, 11) is 1.86. The number of aromatic nitrogens is 2. The topological polar surface area (TPSA) is 50.8 Å². The van der Waals surface area contributed by atoms with Crippen molar-refractivity contribution in [3.05, 3.63) is 57.5 Å². The van der Waals surface area contributed by atoms with Gasteiger partial charge in [0, 0.05) is 29.1 Å². The molecule has 6 heteroatoms. The molecule has 3 aromatic heterocycles. The number of benzene rings is 1. The molecule has 1 aliphatic carbocycles. The van der Waals surface area contributed by atoms with Crippen LogP contribution in [0.15, 0.2) is 29.0 Å². The van der Waals surface area contributed by atoms with Gasteiger partial charge in [-0.25, -0.2) is 4.98 Å². The van der Waals surface area contributed by atoms with Crippen molar-refractivity contribution in [3.8, 4) is 0 Å². The highest BCUT2D eigenvalue weighted by atomic mass is 32.1. The van der Waals surface area contributed by atoms with Crippen LogP contribution in [0, 0.1) is 13.8 Å². The zero-order chi connectivity index (χ0) is 19.4. The molecule has 0 atom stereocenters. The molecule has 0 aliphatic heterocycles. The summed E-state index contributed by atoms with van der Waals surface area (Å²) in [5, 5.41) is 1.08. The molecule has 5 nitrogen and oxygen atoms in total. The zero-order valence-corrected chi connectivity index (χ0v) is 17.2. The Hall–Kier alpha value is -2.60. The van der Waals surface area contributed by atoms with Gasteiger partial charge < -0.3 is 9.32 Å². The minimum absolute atomic E-state index is 0.0875. The van der Waals surface area contributed by atoms with E-state index in [1.165, 1.54) is 22.4 Å². The van der Waals surface area contributed by atoms with Gasteiger partial charge in [0.05, 0.1) is 30.6 Å².